The number of carboxylic acids is 1. The number of hydrogen-bond donors (Lipinski definition) is 2. The van der Waals surface area contributed by atoms with E-state index >= 15 is 0 Å². The van der Waals surface area contributed by atoms with Crippen LogP contribution in [0.3, 0.4) is 0 Å². The van der Waals surface area contributed by atoms with Crippen LogP contribution in [0.1, 0.15) is 43.9 Å². The van der Waals surface area contributed by atoms with Gasteiger partial charge in [0.05, 0.1) is 5.56 Å². The van der Waals surface area contributed by atoms with Crippen molar-refractivity contribution in [2.45, 2.75) is 51.9 Å². The van der Waals surface area contributed by atoms with E-state index in [9.17, 15) is 26.3 Å². The summed E-state index contributed by atoms with van der Waals surface area (Å²) >= 11 is 0. The number of benzene rings is 1. The number of carbonyl (C=O) groups is 1. The van der Waals surface area contributed by atoms with Gasteiger partial charge in [0.25, 0.3) is 0 Å². The summed E-state index contributed by atoms with van der Waals surface area (Å²) in [6.45, 7) is 9.21. The molecule has 37 heavy (non-hydrogen) atoms. The molecule has 1 aliphatic heterocycles. The largest absolute Gasteiger partial charge is 0.490 e. The summed E-state index contributed by atoms with van der Waals surface area (Å²) in [6.07, 6.45) is -4.43. The van der Waals surface area contributed by atoms with Crippen molar-refractivity contribution in [3.8, 4) is 0 Å². The maximum Gasteiger partial charge on any atom is 0.490 e. The number of rotatable bonds is 8. The van der Waals surface area contributed by atoms with E-state index in [1.165, 1.54) is 44.5 Å². The van der Waals surface area contributed by atoms with Gasteiger partial charge in [-0.1, -0.05) is 6.42 Å². The van der Waals surface area contributed by atoms with Gasteiger partial charge in [-0.2, -0.15) is 31.3 Å². The van der Waals surface area contributed by atoms with Crippen LogP contribution < -0.4 is 10.2 Å². The third kappa shape index (κ3) is 10.4. The lowest BCUT2D eigenvalue weighted by molar-refractivity contribution is -0.192. The fourth-order valence-electron chi connectivity index (χ4n) is 3.74. The van der Waals surface area contributed by atoms with Gasteiger partial charge in [-0.15, -0.1) is 0 Å². The lowest BCUT2D eigenvalue weighted by atomic mass is 10.1. The molecule has 206 valence electrons. The lowest BCUT2D eigenvalue weighted by Crippen LogP contribution is -2.33. The van der Waals surface area contributed by atoms with E-state index in [0.29, 0.717) is 11.6 Å². The molecule has 0 bridgehead atoms. The molecule has 2 N–H and O–H groups in total. The van der Waals surface area contributed by atoms with Gasteiger partial charge in [-0.3, -0.25) is 0 Å². The van der Waals surface area contributed by atoms with Crippen LogP contribution in [0.4, 0.5) is 43.8 Å². The van der Waals surface area contributed by atoms with Crippen LogP contribution in [-0.2, 0) is 11.0 Å². The molecule has 0 unspecified atom stereocenters. The summed E-state index contributed by atoms with van der Waals surface area (Å²) < 4.78 is 70.0. The molecule has 13 heteroatoms. The van der Waals surface area contributed by atoms with Crippen LogP contribution in [-0.4, -0.2) is 64.8 Å². The van der Waals surface area contributed by atoms with Crippen molar-refractivity contribution in [2.24, 2.45) is 0 Å². The van der Waals surface area contributed by atoms with Crippen molar-refractivity contribution in [3.05, 3.63) is 41.6 Å². The molecule has 1 saturated heterocycles. The zero-order valence-electron chi connectivity index (χ0n) is 20.7. The SMILES string of the molecule is CCN(CCCN1CCCCC1)c1cc(C)nc(Nc2ccc(C(F)(F)F)cc2)n1.O=C(O)C(F)(F)F. The Labute approximate surface area is 211 Å². The van der Waals surface area contributed by atoms with E-state index in [-0.39, 0.29) is 0 Å². The zero-order chi connectivity index (χ0) is 27.6. The fourth-order valence-corrected chi connectivity index (χ4v) is 3.74. The van der Waals surface area contributed by atoms with Crippen LogP contribution >= 0.6 is 0 Å². The number of aliphatic carboxylic acids is 1. The Balaban J connectivity index is 0.000000604. The second kappa shape index (κ2) is 13.5. The Hall–Kier alpha value is -3.09. The molecular weight excluding hydrogens is 504 g/mol. The van der Waals surface area contributed by atoms with Gasteiger partial charge in [0.15, 0.2) is 0 Å². The first-order chi connectivity index (χ1) is 17.3. The molecule has 0 aliphatic carbocycles. The molecule has 3 rings (SSSR count). The number of anilines is 3. The smallest absolute Gasteiger partial charge is 0.475 e. The Morgan fingerprint density at radius 1 is 1.05 bits per heavy atom. The third-order valence-electron chi connectivity index (χ3n) is 5.61. The Morgan fingerprint density at radius 3 is 2.16 bits per heavy atom. The minimum Gasteiger partial charge on any atom is -0.475 e. The third-order valence-corrected chi connectivity index (χ3v) is 5.61. The summed E-state index contributed by atoms with van der Waals surface area (Å²) in [5.74, 6) is -1.54. The minimum atomic E-state index is -5.08. The van der Waals surface area contributed by atoms with Gasteiger partial charge < -0.3 is 20.2 Å². The molecule has 2 heterocycles. The minimum absolute atomic E-state index is 0.388. The molecular formula is C24H31F6N5O2. The summed E-state index contributed by atoms with van der Waals surface area (Å²) in [7, 11) is 0. The van der Waals surface area contributed by atoms with Gasteiger partial charge in [0.1, 0.15) is 5.82 Å². The highest BCUT2D eigenvalue weighted by Crippen LogP contribution is 2.30. The average molecular weight is 536 g/mol. The second-order valence-electron chi connectivity index (χ2n) is 8.53. The predicted molar refractivity (Wildman–Crippen MR) is 128 cm³/mol. The number of hydrogen-bond acceptors (Lipinski definition) is 6. The number of piperidine rings is 1. The van der Waals surface area contributed by atoms with Crippen LogP contribution in [0.5, 0.6) is 0 Å². The molecule has 2 aromatic rings. The molecule has 0 saturated carbocycles. The quantitative estimate of drug-likeness (QED) is 0.409. The van der Waals surface area contributed by atoms with Crippen LogP contribution in [0.15, 0.2) is 30.3 Å². The van der Waals surface area contributed by atoms with E-state index in [0.717, 1.165) is 49.7 Å². The Morgan fingerprint density at radius 2 is 1.65 bits per heavy atom. The zero-order valence-corrected chi connectivity index (χ0v) is 20.7. The molecule has 0 atom stereocenters. The van der Waals surface area contributed by atoms with E-state index in [1.54, 1.807) is 0 Å². The number of likely N-dealkylation sites (tertiary alicyclic amines) is 1. The van der Waals surface area contributed by atoms with Crippen molar-refractivity contribution in [1.82, 2.24) is 14.9 Å². The lowest BCUT2D eigenvalue weighted by Gasteiger charge is -2.28. The van der Waals surface area contributed by atoms with Gasteiger partial charge in [0.2, 0.25) is 5.95 Å². The summed E-state index contributed by atoms with van der Waals surface area (Å²) in [5.41, 5.74) is 0.654. The molecule has 1 aliphatic rings. The molecule has 7 nitrogen and oxygen atoms in total. The van der Waals surface area contributed by atoms with Gasteiger partial charge in [-0.05, 0) is 77.0 Å². The highest BCUT2D eigenvalue weighted by Gasteiger charge is 2.38. The van der Waals surface area contributed by atoms with Crippen molar-refractivity contribution in [2.75, 3.05) is 42.9 Å². The molecule has 1 aromatic carbocycles. The van der Waals surface area contributed by atoms with Gasteiger partial charge in [0, 0.05) is 30.5 Å². The van der Waals surface area contributed by atoms with E-state index in [1.807, 2.05) is 13.0 Å². The van der Waals surface area contributed by atoms with Crippen LogP contribution in [0.2, 0.25) is 0 Å². The highest BCUT2D eigenvalue weighted by atomic mass is 19.4. The molecule has 1 fully saturated rings. The van der Waals surface area contributed by atoms with Crippen molar-refractivity contribution in [1.29, 1.82) is 0 Å². The predicted octanol–water partition coefficient (Wildman–Crippen LogP) is 5.88. The van der Waals surface area contributed by atoms with Crippen LogP contribution in [0.25, 0.3) is 0 Å². The van der Waals surface area contributed by atoms with Crippen molar-refractivity contribution < 1.29 is 36.2 Å². The number of aryl methyl sites for hydroxylation is 1. The summed E-state index contributed by atoms with van der Waals surface area (Å²) in [4.78, 5) is 22.6. The first kappa shape index (κ1) is 30.1. The maximum absolute atomic E-state index is 12.7. The molecule has 0 spiro atoms. The van der Waals surface area contributed by atoms with E-state index < -0.39 is 23.9 Å². The van der Waals surface area contributed by atoms with Crippen molar-refractivity contribution in [3.63, 3.8) is 0 Å². The molecule has 1 aromatic heterocycles. The number of alkyl halides is 6. The number of halogens is 6. The van der Waals surface area contributed by atoms with E-state index in [2.05, 4.69) is 32.0 Å². The van der Waals surface area contributed by atoms with Crippen LogP contribution in [0, 0.1) is 6.92 Å². The summed E-state index contributed by atoms with van der Waals surface area (Å²) in [6, 6.07) is 6.84. The number of nitrogens with zero attached hydrogens (tertiary/aromatic N) is 4. The number of nitrogens with one attached hydrogen (secondary N) is 1. The number of aromatic nitrogens is 2. The first-order valence-electron chi connectivity index (χ1n) is 11.9. The van der Waals surface area contributed by atoms with Gasteiger partial charge in [-0.25, -0.2) is 9.78 Å². The highest BCUT2D eigenvalue weighted by molar-refractivity contribution is 5.73. The summed E-state index contributed by atoms with van der Waals surface area (Å²) in [5, 5.41) is 10.2. The van der Waals surface area contributed by atoms with E-state index in [4.69, 9.17) is 9.90 Å². The number of carboxylic acid groups (broad SMARTS) is 1. The van der Waals surface area contributed by atoms with Gasteiger partial charge >= 0.3 is 18.3 Å². The topological polar surface area (TPSA) is 81.6 Å². The molecule has 0 amide bonds. The molecule has 0 radical (unpaired) electrons. The fraction of sp³-hybridized carbons (Fsp3) is 0.542. The normalized spacial score (nSPS) is 14.5. The first-order valence-corrected chi connectivity index (χ1v) is 11.9. The Bertz CT molecular complexity index is 993. The average Bonchev–Trinajstić information content (AvgIpc) is 2.82. The maximum atomic E-state index is 12.7. The van der Waals surface area contributed by atoms with Crippen molar-refractivity contribution >= 4 is 23.4 Å². The monoisotopic (exact) mass is 535 g/mol. The Kier molecular flexibility index (Phi) is 11.0. The standard InChI is InChI=1S/C22H30F3N5.C2HF3O2/c1-3-30(15-7-14-29-12-5-4-6-13-29)20-16-17(2)26-21(28-20)27-19-10-8-18(9-11-19)22(23,24)25;3-2(4,5)1(6)7/h8-11,16H,3-7,12-15H2,1-2H3,(H,26,27,28);(H,6,7). The second-order valence-corrected chi connectivity index (χ2v) is 8.53.